The van der Waals surface area contributed by atoms with Crippen LogP contribution >= 0.6 is 27.3 Å². The highest BCUT2D eigenvalue weighted by atomic mass is 79.9. The Labute approximate surface area is 120 Å². The summed E-state index contributed by atoms with van der Waals surface area (Å²) in [5.74, 6) is 0. The van der Waals surface area contributed by atoms with Gasteiger partial charge >= 0.3 is 0 Å². The quantitative estimate of drug-likeness (QED) is 0.810. The smallest absolute Gasteiger partial charge is 0.124 e. The average molecular weight is 323 g/mol. The van der Waals surface area contributed by atoms with E-state index in [0.717, 1.165) is 14.5 Å². The second-order valence-corrected chi connectivity index (χ2v) is 6.94. The number of anilines is 1. The van der Waals surface area contributed by atoms with Crippen LogP contribution in [-0.2, 0) is 0 Å². The summed E-state index contributed by atoms with van der Waals surface area (Å²) in [5.41, 5.74) is 3.61. The summed E-state index contributed by atoms with van der Waals surface area (Å²) in [6, 6.07) is 8.79. The minimum absolute atomic E-state index is 1.07. The van der Waals surface area contributed by atoms with Gasteiger partial charge in [0.05, 0.1) is 9.48 Å². The van der Waals surface area contributed by atoms with Gasteiger partial charge < -0.3 is 4.90 Å². The lowest BCUT2D eigenvalue weighted by molar-refractivity contribution is 0.949. The molecule has 0 unspecified atom stereocenters. The van der Waals surface area contributed by atoms with Gasteiger partial charge in [-0.1, -0.05) is 0 Å². The third-order valence-corrected chi connectivity index (χ3v) is 5.38. The van der Waals surface area contributed by atoms with Crippen molar-refractivity contribution < 1.29 is 0 Å². The van der Waals surface area contributed by atoms with Crippen LogP contribution in [0.1, 0.15) is 18.5 Å². The van der Waals surface area contributed by atoms with E-state index in [-0.39, 0.29) is 0 Å². The number of aromatic nitrogens is 1. The van der Waals surface area contributed by atoms with Crippen LogP contribution in [0.4, 0.5) is 5.69 Å². The molecule has 1 aromatic carbocycles. The molecule has 2 aromatic rings. The van der Waals surface area contributed by atoms with Crippen molar-refractivity contribution in [2.24, 2.45) is 0 Å². The zero-order chi connectivity index (χ0) is 12.5. The number of hydrogen-bond acceptors (Lipinski definition) is 3. The van der Waals surface area contributed by atoms with E-state index in [1.54, 1.807) is 11.3 Å². The van der Waals surface area contributed by atoms with Gasteiger partial charge in [0.25, 0.3) is 0 Å². The second kappa shape index (κ2) is 5.02. The van der Waals surface area contributed by atoms with E-state index in [4.69, 9.17) is 0 Å². The van der Waals surface area contributed by atoms with E-state index in [1.807, 2.05) is 6.92 Å². The molecule has 0 bridgehead atoms. The van der Waals surface area contributed by atoms with Gasteiger partial charge in [-0.15, -0.1) is 11.3 Å². The zero-order valence-corrected chi connectivity index (χ0v) is 12.7. The second-order valence-electron chi connectivity index (χ2n) is 4.62. The number of nitrogens with zero attached hydrogens (tertiary/aromatic N) is 2. The molecule has 0 aliphatic carbocycles. The third-order valence-electron chi connectivity index (χ3n) is 3.33. The van der Waals surface area contributed by atoms with Crippen molar-refractivity contribution in [1.82, 2.24) is 4.98 Å². The van der Waals surface area contributed by atoms with Crippen molar-refractivity contribution >= 4 is 33.0 Å². The third kappa shape index (κ3) is 2.31. The molecule has 1 aromatic heterocycles. The van der Waals surface area contributed by atoms with Crippen molar-refractivity contribution in [2.75, 3.05) is 18.0 Å². The lowest BCUT2D eigenvalue weighted by Gasteiger charge is -2.17. The molecule has 3 rings (SSSR count). The Hall–Kier alpha value is -0.870. The van der Waals surface area contributed by atoms with Crippen LogP contribution in [0, 0.1) is 6.92 Å². The van der Waals surface area contributed by atoms with Gasteiger partial charge in [-0.3, -0.25) is 0 Å². The summed E-state index contributed by atoms with van der Waals surface area (Å²) in [4.78, 5) is 7.02. The van der Waals surface area contributed by atoms with Gasteiger partial charge in [0.1, 0.15) is 5.01 Å². The van der Waals surface area contributed by atoms with E-state index in [0.29, 0.717) is 0 Å². The maximum absolute atomic E-state index is 4.57. The van der Waals surface area contributed by atoms with Crippen LogP contribution < -0.4 is 4.90 Å². The van der Waals surface area contributed by atoms with Gasteiger partial charge in [0.2, 0.25) is 0 Å². The molecule has 0 saturated carbocycles. The fourth-order valence-electron chi connectivity index (χ4n) is 2.29. The zero-order valence-electron chi connectivity index (χ0n) is 10.3. The summed E-state index contributed by atoms with van der Waals surface area (Å²) in [6.45, 7) is 4.42. The maximum Gasteiger partial charge on any atom is 0.124 e. The van der Waals surface area contributed by atoms with E-state index >= 15 is 0 Å². The highest BCUT2D eigenvalue weighted by Gasteiger charge is 2.13. The number of benzene rings is 1. The predicted octanol–water partition coefficient (Wildman–Crippen LogP) is 4.48. The van der Waals surface area contributed by atoms with Gasteiger partial charge in [0, 0.05) is 24.3 Å². The number of rotatable bonds is 2. The van der Waals surface area contributed by atoms with Gasteiger partial charge in [-0.05, 0) is 60.0 Å². The van der Waals surface area contributed by atoms with Crippen LogP contribution in [-0.4, -0.2) is 18.1 Å². The molecule has 1 saturated heterocycles. The first-order valence-electron chi connectivity index (χ1n) is 6.22. The monoisotopic (exact) mass is 322 g/mol. The SMILES string of the molecule is Cc1nc(-c2ccc(N3CCCC3)cc2)sc1Br. The van der Waals surface area contributed by atoms with E-state index < -0.39 is 0 Å². The molecule has 2 nitrogen and oxygen atoms in total. The van der Waals surface area contributed by atoms with E-state index in [1.165, 1.54) is 37.2 Å². The minimum atomic E-state index is 1.07. The first-order chi connectivity index (χ1) is 8.74. The lowest BCUT2D eigenvalue weighted by atomic mass is 10.2. The highest BCUT2D eigenvalue weighted by Crippen LogP contribution is 2.32. The first-order valence-corrected chi connectivity index (χ1v) is 7.83. The predicted molar refractivity (Wildman–Crippen MR) is 81.4 cm³/mol. The average Bonchev–Trinajstić information content (AvgIpc) is 3.01. The molecule has 1 aliphatic heterocycles. The Morgan fingerprint density at radius 2 is 1.83 bits per heavy atom. The fourth-order valence-corrected chi connectivity index (χ4v) is 3.64. The van der Waals surface area contributed by atoms with Crippen LogP contribution in [0.2, 0.25) is 0 Å². The molecule has 18 heavy (non-hydrogen) atoms. The van der Waals surface area contributed by atoms with Gasteiger partial charge in [0.15, 0.2) is 0 Å². The molecular weight excluding hydrogens is 308 g/mol. The summed E-state index contributed by atoms with van der Waals surface area (Å²) >= 11 is 5.23. The summed E-state index contributed by atoms with van der Waals surface area (Å²) in [5, 5.41) is 1.09. The molecule has 0 amide bonds. The number of aryl methyl sites for hydroxylation is 1. The Morgan fingerprint density at radius 1 is 1.17 bits per heavy atom. The lowest BCUT2D eigenvalue weighted by Crippen LogP contribution is -2.17. The van der Waals surface area contributed by atoms with Crippen molar-refractivity contribution in [3.63, 3.8) is 0 Å². The Bertz CT molecular complexity index is 522. The highest BCUT2D eigenvalue weighted by molar-refractivity contribution is 9.11. The molecule has 1 aliphatic rings. The van der Waals surface area contributed by atoms with Crippen LogP contribution in [0.3, 0.4) is 0 Å². The molecule has 0 atom stereocenters. The number of halogens is 1. The van der Waals surface area contributed by atoms with Crippen molar-refractivity contribution in [3.8, 4) is 10.6 Å². The molecule has 2 heterocycles. The summed E-state index contributed by atoms with van der Waals surface area (Å²) in [7, 11) is 0. The topological polar surface area (TPSA) is 16.1 Å². The van der Waals surface area contributed by atoms with Gasteiger partial charge in [-0.2, -0.15) is 0 Å². The van der Waals surface area contributed by atoms with Crippen LogP contribution in [0.5, 0.6) is 0 Å². The number of hydrogen-bond donors (Lipinski definition) is 0. The van der Waals surface area contributed by atoms with Crippen LogP contribution in [0.25, 0.3) is 10.6 Å². The van der Waals surface area contributed by atoms with E-state index in [9.17, 15) is 0 Å². The van der Waals surface area contributed by atoms with Gasteiger partial charge in [-0.25, -0.2) is 4.98 Å². The molecule has 4 heteroatoms. The van der Waals surface area contributed by atoms with Crippen molar-refractivity contribution in [1.29, 1.82) is 0 Å². The van der Waals surface area contributed by atoms with Crippen molar-refractivity contribution in [2.45, 2.75) is 19.8 Å². The number of thiazole rings is 1. The Kier molecular flexibility index (Phi) is 3.39. The largest absolute Gasteiger partial charge is 0.372 e. The van der Waals surface area contributed by atoms with Crippen LogP contribution in [0.15, 0.2) is 28.1 Å². The maximum atomic E-state index is 4.57. The Balaban J connectivity index is 1.86. The standard InChI is InChI=1S/C14H15BrN2S/c1-10-13(15)18-14(16-10)11-4-6-12(7-5-11)17-8-2-3-9-17/h4-7H,2-3,8-9H2,1H3. The molecule has 0 N–H and O–H groups in total. The summed E-state index contributed by atoms with van der Waals surface area (Å²) in [6.07, 6.45) is 2.64. The molecular formula is C14H15BrN2S. The first kappa shape index (κ1) is 12.2. The Morgan fingerprint density at radius 3 is 2.39 bits per heavy atom. The van der Waals surface area contributed by atoms with Crippen molar-refractivity contribution in [3.05, 3.63) is 33.7 Å². The summed E-state index contributed by atoms with van der Waals surface area (Å²) < 4.78 is 1.13. The molecule has 0 radical (unpaired) electrons. The fraction of sp³-hybridized carbons (Fsp3) is 0.357. The molecule has 1 fully saturated rings. The minimum Gasteiger partial charge on any atom is -0.372 e. The molecule has 94 valence electrons. The van der Waals surface area contributed by atoms with E-state index in [2.05, 4.69) is 50.1 Å². The normalized spacial score (nSPS) is 15.3. The molecule has 0 spiro atoms.